The molecular weight excluding hydrogens is 715 g/mol. The molecular formula is C32H31IN2O9S. The van der Waals surface area contributed by atoms with E-state index in [9.17, 15) is 14.4 Å². The van der Waals surface area contributed by atoms with E-state index >= 15 is 0 Å². The van der Waals surface area contributed by atoms with E-state index in [-0.39, 0.29) is 31.0 Å². The van der Waals surface area contributed by atoms with Crippen molar-refractivity contribution in [3.05, 3.63) is 76.0 Å². The molecule has 3 aromatic rings. The predicted molar refractivity (Wildman–Crippen MR) is 176 cm³/mol. The number of allylic oxidation sites excluding steroid dienone is 1. The lowest BCUT2D eigenvalue weighted by Gasteiger charge is -2.25. The Balaban J connectivity index is 1.94. The molecule has 1 aromatic heterocycles. The molecule has 0 saturated carbocycles. The van der Waals surface area contributed by atoms with Crippen molar-refractivity contribution in [2.75, 3.05) is 40.6 Å². The van der Waals surface area contributed by atoms with Gasteiger partial charge in [0, 0.05) is 9.13 Å². The summed E-state index contributed by atoms with van der Waals surface area (Å²) >= 11 is 3.32. The second kappa shape index (κ2) is 15.1. The summed E-state index contributed by atoms with van der Waals surface area (Å²) in [6.45, 7) is 5.31. The zero-order chi connectivity index (χ0) is 32.7. The third-order valence-electron chi connectivity index (χ3n) is 6.53. The van der Waals surface area contributed by atoms with Gasteiger partial charge in [-0.2, -0.15) is 0 Å². The first kappa shape index (κ1) is 33.6. The molecule has 45 heavy (non-hydrogen) atoms. The van der Waals surface area contributed by atoms with Crippen molar-refractivity contribution < 1.29 is 38.0 Å². The van der Waals surface area contributed by atoms with Gasteiger partial charge in [0.25, 0.3) is 5.56 Å². The first-order valence-electron chi connectivity index (χ1n) is 13.8. The molecule has 11 nitrogen and oxygen atoms in total. The molecule has 0 spiro atoms. The third kappa shape index (κ3) is 7.34. The minimum absolute atomic E-state index is 0.00262. The van der Waals surface area contributed by atoms with Gasteiger partial charge in [-0.25, -0.2) is 14.6 Å². The Morgan fingerprint density at radius 3 is 2.53 bits per heavy atom. The highest BCUT2D eigenvalue weighted by atomic mass is 127. The van der Waals surface area contributed by atoms with E-state index in [1.165, 1.54) is 18.8 Å². The number of hydrogen-bond acceptors (Lipinski definition) is 11. The molecule has 0 unspecified atom stereocenters. The minimum Gasteiger partial charge on any atom is -0.493 e. The van der Waals surface area contributed by atoms with Crippen LogP contribution in [-0.4, -0.2) is 57.2 Å². The molecule has 236 valence electrons. The van der Waals surface area contributed by atoms with Gasteiger partial charge in [-0.1, -0.05) is 23.3 Å². The molecule has 0 aliphatic carbocycles. The number of hydrogen-bond donors (Lipinski definition) is 0. The lowest BCUT2D eigenvalue weighted by molar-refractivity contribution is -0.143. The highest BCUT2D eigenvalue weighted by Gasteiger charge is 2.34. The number of halogens is 1. The lowest BCUT2D eigenvalue weighted by atomic mass is 9.95. The largest absolute Gasteiger partial charge is 0.493 e. The number of nitrogens with zero attached hydrogens (tertiary/aromatic N) is 2. The van der Waals surface area contributed by atoms with Crippen molar-refractivity contribution in [1.82, 2.24) is 4.57 Å². The van der Waals surface area contributed by atoms with Crippen LogP contribution in [0.15, 0.2) is 51.4 Å². The number of carbonyl (C=O) groups is 2. The summed E-state index contributed by atoms with van der Waals surface area (Å²) < 4.78 is 35.5. The fourth-order valence-electron chi connectivity index (χ4n) is 4.64. The van der Waals surface area contributed by atoms with E-state index in [1.807, 2.05) is 6.07 Å². The van der Waals surface area contributed by atoms with Crippen molar-refractivity contribution in [2.45, 2.75) is 26.8 Å². The van der Waals surface area contributed by atoms with Gasteiger partial charge in [0.2, 0.25) is 0 Å². The molecule has 4 rings (SSSR count). The van der Waals surface area contributed by atoms with Gasteiger partial charge in [-0.05, 0) is 79.3 Å². The number of esters is 2. The third-order valence-corrected chi connectivity index (χ3v) is 8.13. The average molecular weight is 747 g/mol. The topological polar surface area (TPSA) is 124 Å². The summed E-state index contributed by atoms with van der Waals surface area (Å²) in [6.07, 6.45) is 7.13. The Morgan fingerprint density at radius 2 is 1.87 bits per heavy atom. The van der Waals surface area contributed by atoms with Gasteiger partial charge in [0.05, 0.1) is 49.3 Å². The fraction of sp³-hybridized carbons (Fsp3) is 0.312. The van der Waals surface area contributed by atoms with Crippen LogP contribution in [0.4, 0.5) is 0 Å². The Hall–Kier alpha value is -4.29. The van der Waals surface area contributed by atoms with Crippen LogP contribution in [0.3, 0.4) is 0 Å². The Kier molecular flexibility index (Phi) is 11.3. The van der Waals surface area contributed by atoms with Gasteiger partial charge >= 0.3 is 11.9 Å². The number of methoxy groups -OCH3 is 2. The zero-order valence-corrected chi connectivity index (χ0v) is 28.3. The van der Waals surface area contributed by atoms with Gasteiger partial charge in [-0.3, -0.25) is 9.36 Å². The molecule has 1 atom stereocenters. The van der Waals surface area contributed by atoms with Gasteiger partial charge in [0.1, 0.15) is 6.61 Å². The summed E-state index contributed by atoms with van der Waals surface area (Å²) in [7, 11) is 2.79. The molecule has 0 fully saturated rings. The molecule has 0 amide bonds. The highest BCUT2D eigenvalue weighted by molar-refractivity contribution is 14.1. The molecule has 1 aliphatic rings. The lowest BCUT2D eigenvalue weighted by Crippen LogP contribution is -2.40. The van der Waals surface area contributed by atoms with Crippen molar-refractivity contribution in [2.24, 2.45) is 4.99 Å². The number of benzene rings is 2. The van der Waals surface area contributed by atoms with E-state index < -0.39 is 18.0 Å². The Bertz CT molecular complexity index is 1870. The number of aromatic nitrogens is 1. The number of ether oxygens (including phenoxy) is 6. The van der Waals surface area contributed by atoms with Crippen LogP contribution in [0.2, 0.25) is 0 Å². The van der Waals surface area contributed by atoms with Crippen molar-refractivity contribution >= 4 is 51.9 Å². The molecule has 0 saturated heterocycles. The SMILES string of the molecule is C#CCOc1c(/C=c2/sc3n(c2=O)[C@H](c2ccc(OCC(=O)OC)c(OCC)c2)C(C(=O)OCC)=C(C)N=3)cc(I)cc1OC. The van der Waals surface area contributed by atoms with Crippen LogP contribution in [0, 0.1) is 15.9 Å². The second-order valence-corrected chi connectivity index (χ2v) is 11.6. The monoisotopic (exact) mass is 746 g/mol. The van der Waals surface area contributed by atoms with Crippen LogP contribution in [-0.2, 0) is 19.1 Å². The molecule has 0 bridgehead atoms. The molecule has 2 heterocycles. The standard InChI is InChI=1S/C32H31IN2O9S/c1-7-12-43-29-20(13-21(33)16-24(29)39-5)15-25-30(37)35-28(27(31(38)42-9-3)18(4)34-32(35)45-25)19-10-11-22(23(14-19)41-8-2)44-17-26(36)40-6/h1,10-11,13-16,28H,8-9,12,17H2,2-6H3/b25-15+/t28-/m1/s1. The summed E-state index contributed by atoms with van der Waals surface area (Å²) in [5, 5.41) is 0. The average Bonchev–Trinajstić information content (AvgIpc) is 3.32. The maximum absolute atomic E-state index is 14.2. The smallest absolute Gasteiger partial charge is 0.343 e. The Labute approximate surface area is 277 Å². The van der Waals surface area contributed by atoms with Gasteiger partial charge < -0.3 is 28.4 Å². The maximum Gasteiger partial charge on any atom is 0.343 e. The number of thiazole rings is 1. The quantitative estimate of drug-likeness (QED) is 0.156. The predicted octanol–water partition coefficient (Wildman–Crippen LogP) is 3.37. The van der Waals surface area contributed by atoms with E-state index in [4.69, 9.17) is 30.1 Å². The number of terminal acetylenes is 1. The minimum atomic E-state index is -0.904. The van der Waals surface area contributed by atoms with Crippen LogP contribution in [0.25, 0.3) is 6.08 Å². The molecule has 2 aromatic carbocycles. The van der Waals surface area contributed by atoms with E-state index in [0.717, 1.165) is 14.9 Å². The van der Waals surface area contributed by atoms with E-state index in [0.29, 0.717) is 55.8 Å². The highest BCUT2D eigenvalue weighted by Crippen LogP contribution is 2.37. The first-order chi connectivity index (χ1) is 21.7. The normalized spacial score (nSPS) is 14.2. The van der Waals surface area contributed by atoms with Crippen LogP contribution >= 0.6 is 33.9 Å². The summed E-state index contributed by atoms with van der Waals surface area (Å²) in [6, 6.07) is 7.73. The summed E-state index contributed by atoms with van der Waals surface area (Å²) in [4.78, 5) is 44.2. The van der Waals surface area contributed by atoms with Crippen molar-refractivity contribution in [3.8, 4) is 35.3 Å². The van der Waals surface area contributed by atoms with Crippen molar-refractivity contribution in [3.63, 3.8) is 0 Å². The number of fused-ring (bicyclic) bond motifs is 1. The van der Waals surface area contributed by atoms with Gasteiger partial charge in [-0.15, -0.1) is 6.42 Å². The first-order valence-corrected chi connectivity index (χ1v) is 15.7. The maximum atomic E-state index is 14.2. The molecule has 1 aliphatic heterocycles. The van der Waals surface area contributed by atoms with E-state index in [2.05, 4.69) is 38.2 Å². The van der Waals surface area contributed by atoms with E-state index in [1.54, 1.807) is 51.1 Å². The van der Waals surface area contributed by atoms with Crippen LogP contribution in [0.1, 0.15) is 37.9 Å². The van der Waals surface area contributed by atoms with Crippen LogP contribution < -0.4 is 33.8 Å². The summed E-state index contributed by atoms with van der Waals surface area (Å²) in [5.41, 5.74) is 1.35. The molecule has 13 heteroatoms. The zero-order valence-electron chi connectivity index (χ0n) is 25.3. The second-order valence-electron chi connectivity index (χ2n) is 9.33. The van der Waals surface area contributed by atoms with Crippen LogP contribution in [0.5, 0.6) is 23.0 Å². The number of rotatable bonds is 12. The number of carbonyl (C=O) groups excluding carboxylic acids is 2. The molecule has 0 radical (unpaired) electrons. The van der Waals surface area contributed by atoms with Crippen molar-refractivity contribution in [1.29, 1.82) is 0 Å². The summed E-state index contributed by atoms with van der Waals surface area (Å²) in [5.74, 6) is 2.76. The van der Waals surface area contributed by atoms with Gasteiger partial charge in [0.15, 0.2) is 34.4 Å². The fourth-order valence-corrected chi connectivity index (χ4v) is 6.30. The molecule has 0 N–H and O–H groups in total. The Morgan fingerprint density at radius 1 is 1.09 bits per heavy atom.